The number of carbonyl (C=O) groups is 2. The number of carbonyl (C=O) groups excluding carboxylic acids is 1. The Morgan fingerprint density at radius 1 is 1.40 bits per heavy atom. The highest BCUT2D eigenvalue weighted by Gasteiger charge is 2.35. The first kappa shape index (κ1) is 16.9. The minimum atomic E-state index is -3.46. The summed E-state index contributed by atoms with van der Waals surface area (Å²) in [7, 11) is -3.46. The predicted octanol–water partition coefficient (Wildman–Crippen LogP) is 0.170. The van der Waals surface area contributed by atoms with E-state index in [1.54, 1.807) is 0 Å². The van der Waals surface area contributed by atoms with Crippen molar-refractivity contribution < 1.29 is 23.1 Å². The van der Waals surface area contributed by atoms with Gasteiger partial charge in [-0.2, -0.15) is 4.31 Å². The summed E-state index contributed by atoms with van der Waals surface area (Å²) in [6.07, 6.45) is 3.92. The minimum Gasteiger partial charge on any atom is -0.480 e. The molecule has 0 saturated carbocycles. The fourth-order valence-electron chi connectivity index (χ4n) is 2.38. The number of sulfonamides is 1. The van der Waals surface area contributed by atoms with Gasteiger partial charge in [-0.25, -0.2) is 13.2 Å². The van der Waals surface area contributed by atoms with E-state index in [2.05, 4.69) is 5.32 Å². The summed E-state index contributed by atoms with van der Waals surface area (Å²) in [5.41, 5.74) is 0. The molecule has 2 N–H and O–H groups in total. The van der Waals surface area contributed by atoms with Gasteiger partial charge in [-0.05, 0) is 19.3 Å². The quantitative estimate of drug-likeness (QED) is 0.728. The lowest BCUT2D eigenvalue weighted by Gasteiger charge is -2.33. The van der Waals surface area contributed by atoms with E-state index in [4.69, 9.17) is 5.11 Å². The average Bonchev–Trinajstić information content (AvgIpc) is 2.37. The van der Waals surface area contributed by atoms with Gasteiger partial charge in [0.2, 0.25) is 15.9 Å². The molecule has 0 aliphatic carbocycles. The van der Waals surface area contributed by atoms with Gasteiger partial charge in [0.1, 0.15) is 12.1 Å². The highest BCUT2D eigenvalue weighted by molar-refractivity contribution is 7.88. The lowest BCUT2D eigenvalue weighted by Crippen LogP contribution is -2.54. The summed E-state index contributed by atoms with van der Waals surface area (Å²) < 4.78 is 24.5. The Bertz CT molecular complexity index is 462. The summed E-state index contributed by atoms with van der Waals surface area (Å²) in [5.74, 6) is -1.61. The van der Waals surface area contributed by atoms with Crippen LogP contribution in [0.2, 0.25) is 0 Å². The first-order valence-corrected chi connectivity index (χ1v) is 8.62. The van der Waals surface area contributed by atoms with Crippen molar-refractivity contribution in [2.75, 3.05) is 12.8 Å². The topological polar surface area (TPSA) is 104 Å². The molecule has 7 nitrogen and oxygen atoms in total. The molecule has 1 aliphatic rings. The van der Waals surface area contributed by atoms with Crippen LogP contribution in [-0.2, 0) is 19.6 Å². The molecule has 0 aromatic carbocycles. The van der Waals surface area contributed by atoms with Crippen LogP contribution in [0, 0.1) is 0 Å². The molecule has 116 valence electrons. The van der Waals surface area contributed by atoms with Gasteiger partial charge in [0.05, 0.1) is 6.26 Å². The van der Waals surface area contributed by atoms with E-state index in [0.717, 1.165) is 17.0 Å². The second kappa shape index (κ2) is 7.03. The number of carboxylic acids is 1. The van der Waals surface area contributed by atoms with Crippen molar-refractivity contribution >= 4 is 21.9 Å². The van der Waals surface area contributed by atoms with E-state index >= 15 is 0 Å². The van der Waals surface area contributed by atoms with Crippen LogP contribution in [0.15, 0.2) is 0 Å². The van der Waals surface area contributed by atoms with Crippen LogP contribution in [0.3, 0.4) is 0 Å². The molecule has 0 bridgehead atoms. The van der Waals surface area contributed by atoms with E-state index in [1.807, 2.05) is 6.92 Å². The molecule has 1 rings (SSSR count). The van der Waals surface area contributed by atoms with E-state index in [-0.39, 0.29) is 0 Å². The van der Waals surface area contributed by atoms with Crippen molar-refractivity contribution in [2.24, 2.45) is 0 Å². The van der Waals surface area contributed by atoms with Gasteiger partial charge in [-0.3, -0.25) is 4.79 Å². The van der Waals surface area contributed by atoms with Crippen molar-refractivity contribution in [1.29, 1.82) is 0 Å². The van der Waals surface area contributed by atoms with Gasteiger partial charge in [0.25, 0.3) is 0 Å². The highest BCUT2D eigenvalue weighted by Crippen LogP contribution is 2.20. The lowest BCUT2D eigenvalue weighted by molar-refractivity contribution is -0.142. The molecular formula is C12H22N2O5S. The van der Waals surface area contributed by atoms with Gasteiger partial charge in [-0.1, -0.05) is 19.8 Å². The molecule has 8 heteroatoms. The van der Waals surface area contributed by atoms with Crippen LogP contribution in [0.1, 0.15) is 39.0 Å². The fourth-order valence-corrected chi connectivity index (χ4v) is 3.50. The fraction of sp³-hybridized carbons (Fsp3) is 0.833. The summed E-state index contributed by atoms with van der Waals surface area (Å²) in [6, 6.07) is -1.76. The molecule has 2 atom stereocenters. The number of carboxylic acid groups (broad SMARTS) is 1. The Kier molecular flexibility index (Phi) is 5.94. The number of amides is 1. The first-order chi connectivity index (χ1) is 9.27. The molecular weight excluding hydrogens is 284 g/mol. The Hall–Kier alpha value is -1.15. The average molecular weight is 306 g/mol. The van der Waals surface area contributed by atoms with Gasteiger partial charge < -0.3 is 10.4 Å². The number of hydrogen-bond acceptors (Lipinski definition) is 4. The number of nitrogens with zero attached hydrogens (tertiary/aromatic N) is 1. The molecule has 0 spiro atoms. The molecule has 0 radical (unpaired) electrons. The number of hydrogen-bond donors (Lipinski definition) is 2. The number of nitrogens with one attached hydrogen (secondary N) is 1. The van der Waals surface area contributed by atoms with Crippen LogP contribution in [-0.4, -0.2) is 54.6 Å². The Morgan fingerprint density at radius 3 is 2.55 bits per heavy atom. The van der Waals surface area contributed by atoms with Gasteiger partial charge >= 0.3 is 5.97 Å². The van der Waals surface area contributed by atoms with E-state index in [9.17, 15) is 18.0 Å². The molecule has 1 aliphatic heterocycles. The van der Waals surface area contributed by atoms with Crippen molar-refractivity contribution in [3.8, 4) is 0 Å². The van der Waals surface area contributed by atoms with Crippen LogP contribution < -0.4 is 5.32 Å². The van der Waals surface area contributed by atoms with Crippen molar-refractivity contribution in [1.82, 2.24) is 9.62 Å². The van der Waals surface area contributed by atoms with Crippen molar-refractivity contribution in [3.63, 3.8) is 0 Å². The zero-order valence-electron chi connectivity index (χ0n) is 11.8. The molecule has 1 heterocycles. The number of piperidine rings is 1. The second-order valence-corrected chi connectivity index (χ2v) is 7.01. The first-order valence-electron chi connectivity index (χ1n) is 6.77. The predicted molar refractivity (Wildman–Crippen MR) is 73.7 cm³/mol. The van der Waals surface area contributed by atoms with Crippen LogP contribution in [0.5, 0.6) is 0 Å². The van der Waals surface area contributed by atoms with Gasteiger partial charge in [0, 0.05) is 6.54 Å². The largest absolute Gasteiger partial charge is 0.480 e. The standard InChI is InChI=1S/C12H22N2O5S/c1-3-6-9(12(16)17)13-11(15)10-7-4-5-8-14(10)20(2,18)19/h9-10H,3-8H2,1-2H3,(H,13,15)(H,16,17)/t9-,10?/m0/s1. The SMILES string of the molecule is CCC[C@H](NC(=O)C1CCCCN1S(C)(=O)=O)C(=O)O. The van der Waals surface area contributed by atoms with Crippen molar-refractivity contribution in [3.05, 3.63) is 0 Å². The maximum absolute atomic E-state index is 12.2. The molecule has 1 saturated heterocycles. The zero-order valence-corrected chi connectivity index (χ0v) is 12.6. The minimum absolute atomic E-state index is 0.308. The summed E-state index contributed by atoms with van der Waals surface area (Å²) in [6.45, 7) is 2.13. The van der Waals surface area contributed by atoms with E-state index < -0.39 is 34.0 Å². The second-order valence-electron chi connectivity index (χ2n) is 5.07. The summed E-state index contributed by atoms with van der Waals surface area (Å²) >= 11 is 0. The Morgan fingerprint density at radius 2 is 2.05 bits per heavy atom. The van der Waals surface area contributed by atoms with E-state index in [0.29, 0.717) is 32.2 Å². The number of aliphatic carboxylic acids is 1. The monoisotopic (exact) mass is 306 g/mol. The number of rotatable bonds is 6. The van der Waals surface area contributed by atoms with E-state index in [1.165, 1.54) is 0 Å². The molecule has 20 heavy (non-hydrogen) atoms. The van der Waals surface area contributed by atoms with Gasteiger partial charge in [-0.15, -0.1) is 0 Å². The molecule has 0 aromatic rings. The Balaban J connectivity index is 2.80. The lowest BCUT2D eigenvalue weighted by atomic mass is 10.0. The maximum atomic E-state index is 12.2. The molecule has 1 fully saturated rings. The zero-order chi connectivity index (χ0) is 15.3. The van der Waals surface area contributed by atoms with Crippen molar-refractivity contribution in [2.45, 2.75) is 51.1 Å². The molecule has 1 unspecified atom stereocenters. The Labute approximate surface area is 119 Å². The highest BCUT2D eigenvalue weighted by atomic mass is 32.2. The molecule has 1 amide bonds. The van der Waals surface area contributed by atoms with Gasteiger partial charge in [0.15, 0.2) is 0 Å². The normalized spacial score (nSPS) is 22.2. The third-order valence-corrected chi connectivity index (χ3v) is 4.66. The summed E-state index contributed by atoms with van der Waals surface area (Å²) in [4.78, 5) is 23.2. The maximum Gasteiger partial charge on any atom is 0.326 e. The third kappa shape index (κ3) is 4.45. The van der Waals surface area contributed by atoms with Crippen LogP contribution in [0.25, 0.3) is 0 Å². The van der Waals surface area contributed by atoms with Crippen LogP contribution in [0.4, 0.5) is 0 Å². The smallest absolute Gasteiger partial charge is 0.326 e. The van der Waals surface area contributed by atoms with Crippen LogP contribution >= 0.6 is 0 Å². The summed E-state index contributed by atoms with van der Waals surface area (Å²) in [5, 5.41) is 11.5. The molecule has 0 aromatic heterocycles. The third-order valence-electron chi connectivity index (χ3n) is 3.37.